The summed E-state index contributed by atoms with van der Waals surface area (Å²) in [7, 11) is 0. The predicted molar refractivity (Wildman–Crippen MR) is 71.2 cm³/mol. The molecule has 0 aromatic carbocycles. The average Bonchev–Trinajstić information content (AvgIpc) is 2.29. The number of imide groups is 2. The SMILES string of the molecule is CCSCCC(C)N1C(=O)NC(=O)C(CC)C1=O. The van der Waals surface area contributed by atoms with Gasteiger partial charge in [-0.15, -0.1) is 0 Å². The number of nitrogens with one attached hydrogen (secondary N) is 1. The predicted octanol–water partition coefficient (Wildman–Crippen LogP) is 1.62. The lowest BCUT2D eigenvalue weighted by atomic mass is 10.0. The fourth-order valence-electron chi connectivity index (χ4n) is 1.94. The van der Waals surface area contributed by atoms with Gasteiger partial charge in [0, 0.05) is 6.04 Å². The van der Waals surface area contributed by atoms with Gasteiger partial charge in [-0.3, -0.25) is 19.8 Å². The summed E-state index contributed by atoms with van der Waals surface area (Å²) >= 11 is 1.77. The van der Waals surface area contributed by atoms with Crippen molar-refractivity contribution in [3.8, 4) is 0 Å². The van der Waals surface area contributed by atoms with E-state index in [1.807, 2.05) is 6.92 Å². The minimum atomic E-state index is -0.719. The molecule has 0 radical (unpaired) electrons. The molecular weight excluding hydrogens is 252 g/mol. The Bertz CT molecular complexity index is 346. The third kappa shape index (κ3) is 3.25. The monoisotopic (exact) mass is 272 g/mol. The van der Waals surface area contributed by atoms with E-state index in [-0.39, 0.29) is 11.9 Å². The number of hydrogen-bond donors (Lipinski definition) is 1. The average molecular weight is 272 g/mol. The van der Waals surface area contributed by atoms with Gasteiger partial charge in [0.15, 0.2) is 0 Å². The Kier molecular flexibility index (Phi) is 5.65. The van der Waals surface area contributed by atoms with E-state index in [1.54, 1.807) is 18.7 Å². The molecule has 1 aliphatic heterocycles. The maximum absolute atomic E-state index is 12.1. The number of hydrogen-bond acceptors (Lipinski definition) is 4. The summed E-state index contributed by atoms with van der Waals surface area (Å²) in [5.41, 5.74) is 0. The maximum Gasteiger partial charge on any atom is 0.331 e. The van der Waals surface area contributed by atoms with Crippen LogP contribution in [0.1, 0.15) is 33.6 Å². The third-order valence-corrected chi connectivity index (χ3v) is 3.97. The number of carbonyl (C=O) groups excluding carboxylic acids is 3. The molecule has 5 nitrogen and oxygen atoms in total. The van der Waals surface area contributed by atoms with Gasteiger partial charge >= 0.3 is 6.03 Å². The van der Waals surface area contributed by atoms with E-state index < -0.39 is 17.9 Å². The topological polar surface area (TPSA) is 66.5 Å². The molecule has 1 saturated heterocycles. The van der Waals surface area contributed by atoms with Gasteiger partial charge in [-0.05, 0) is 31.3 Å². The van der Waals surface area contributed by atoms with E-state index in [9.17, 15) is 14.4 Å². The summed E-state index contributed by atoms with van der Waals surface area (Å²) in [6.45, 7) is 5.68. The number of rotatable bonds is 6. The van der Waals surface area contributed by atoms with E-state index >= 15 is 0 Å². The van der Waals surface area contributed by atoms with Crippen molar-refractivity contribution in [1.82, 2.24) is 10.2 Å². The zero-order chi connectivity index (χ0) is 13.7. The molecule has 1 rings (SSSR count). The molecule has 1 N–H and O–H groups in total. The molecule has 2 atom stereocenters. The van der Waals surface area contributed by atoms with Gasteiger partial charge in [0.25, 0.3) is 0 Å². The van der Waals surface area contributed by atoms with Gasteiger partial charge in [0.05, 0.1) is 0 Å². The highest BCUT2D eigenvalue weighted by Crippen LogP contribution is 2.18. The summed E-state index contributed by atoms with van der Waals surface area (Å²) in [6, 6.07) is -0.748. The van der Waals surface area contributed by atoms with Crippen LogP contribution in [0.5, 0.6) is 0 Å². The Morgan fingerprint density at radius 1 is 1.33 bits per heavy atom. The third-order valence-electron chi connectivity index (χ3n) is 3.03. The molecule has 0 aromatic heterocycles. The van der Waals surface area contributed by atoms with Gasteiger partial charge < -0.3 is 0 Å². The molecule has 0 saturated carbocycles. The van der Waals surface area contributed by atoms with Crippen molar-refractivity contribution >= 4 is 29.6 Å². The van der Waals surface area contributed by atoms with Crippen LogP contribution in [0.15, 0.2) is 0 Å². The van der Waals surface area contributed by atoms with Crippen LogP contribution in [0, 0.1) is 5.92 Å². The van der Waals surface area contributed by atoms with Gasteiger partial charge in [-0.25, -0.2) is 4.79 Å². The van der Waals surface area contributed by atoms with Crippen molar-refractivity contribution < 1.29 is 14.4 Å². The summed E-state index contributed by atoms with van der Waals surface area (Å²) in [4.78, 5) is 36.5. The fourth-order valence-corrected chi connectivity index (χ4v) is 2.73. The normalized spacial score (nSPS) is 22.1. The molecule has 2 unspecified atom stereocenters. The molecule has 4 amide bonds. The highest BCUT2D eigenvalue weighted by atomic mass is 32.2. The zero-order valence-corrected chi connectivity index (χ0v) is 11.9. The van der Waals surface area contributed by atoms with Crippen molar-refractivity contribution in [2.24, 2.45) is 5.92 Å². The van der Waals surface area contributed by atoms with Crippen molar-refractivity contribution in [2.75, 3.05) is 11.5 Å². The quantitative estimate of drug-likeness (QED) is 0.589. The summed E-state index contributed by atoms with van der Waals surface area (Å²) in [5.74, 6) is 0.366. The molecule has 0 aliphatic carbocycles. The van der Waals surface area contributed by atoms with Crippen LogP contribution in [-0.4, -0.2) is 40.3 Å². The maximum atomic E-state index is 12.1. The Labute approximate surface area is 112 Å². The molecular formula is C12H20N2O3S. The first kappa shape index (κ1) is 15.0. The first-order chi connectivity index (χ1) is 8.52. The second-order valence-corrected chi connectivity index (χ2v) is 5.69. The first-order valence-electron chi connectivity index (χ1n) is 6.28. The fraction of sp³-hybridized carbons (Fsp3) is 0.750. The summed E-state index contributed by atoms with van der Waals surface area (Å²) < 4.78 is 0. The van der Waals surface area contributed by atoms with Gasteiger partial charge in [-0.1, -0.05) is 13.8 Å². The summed E-state index contributed by atoms with van der Waals surface area (Å²) in [6.07, 6.45) is 1.17. The van der Waals surface area contributed by atoms with Crippen molar-refractivity contribution in [3.63, 3.8) is 0 Å². The molecule has 1 aliphatic rings. The highest BCUT2D eigenvalue weighted by Gasteiger charge is 2.41. The Hall–Kier alpha value is -1.04. The number of nitrogens with zero attached hydrogens (tertiary/aromatic N) is 1. The molecule has 18 heavy (non-hydrogen) atoms. The summed E-state index contributed by atoms with van der Waals surface area (Å²) in [5, 5.41) is 2.25. The second-order valence-electron chi connectivity index (χ2n) is 4.30. The van der Waals surface area contributed by atoms with Crippen LogP contribution < -0.4 is 5.32 Å². The number of barbiturate groups is 1. The standard InChI is InChI=1S/C12H20N2O3S/c1-4-9-10(15)13-12(17)14(11(9)16)8(3)6-7-18-5-2/h8-9H,4-7H2,1-3H3,(H,13,15,17). The van der Waals surface area contributed by atoms with Gasteiger partial charge in [-0.2, -0.15) is 11.8 Å². The molecule has 1 fully saturated rings. The van der Waals surface area contributed by atoms with E-state index in [2.05, 4.69) is 12.2 Å². The largest absolute Gasteiger partial charge is 0.331 e. The molecule has 1 heterocycles. The molecule has 0 aromatic rings. The van der Waals surface area contributed by atoms with Gasteiger partial charge in [0.1, 0.15) is 5.92 Å². The van der Waals surface area contributed by atoms with Crippen molar-refractivity contribution in [1.29, 1.82) is 0 Å². The molecule has 102 valence electrons. The van der Waals surface area contributed by atoms with E-state index in [1.165, 1.54) is 4.90 Å². The molecule has 6 heteroatoms. The smallest absolute Gasteiger partial charge is 0.277 e. The van der Waals surface area contributed by atoms with Crippen molar-refractivity contribution in [3.05, 3.63) is 0 Å². The molecule has 0 spiro atoms. The lowest BCUT2D eigenvalue weighted by molar-refractivity contribution is -0.143. The Morgan fingerprint density at radius 3 is 2.56 bits per heavy atom. The van der Waals surface area contributed by atoms with Crippen LogP contribution in [-0.2, 0) is 9.59 Å². The minimum Gasteiger partial charge on any atom is -0.277 e. The number of carbonyl (C=O) groups is 3. The minimum absolute atomic E-state index is 0.168. The first-order valence-corrected chi connectivity index (χ1v) is 7.44. The van der Waals surface area contributed by atoms with E-state index in [0.717, 1.165) is 17.9 Å². The second kappa shape index (κ2) is 6.78. The Balaban J connectivity index is 2.70. The van der Waals surface area contributed by atoms with Crippen LogP contribution in [0.3, 0.4) is 0 Å². The molecule has 0 bridgehead atoms. The number of amides is 4. The van der Waals surface area contributed by atoms with Crippen LogP contribution >= 0.6 is 11.8 Å². The van der Waals surface area contributed by atoms with Crippen LogP contribution in [0.25, 0.3) is 0 Å². The number of urea groups is 1. The highest BCUT2D eigenvalue weighted by molar-refractivity contribution is 7.99. The van der Waals surface area contributed by atoms with E-state index in [0.29, 0.717) is 6.42 Å². The zero-order valence-electron chi connectivity index (χ0n) is 11.1. The van der Waals surface area contributed by atoms with Gasteiger partial charge in [0.2, 0.25) is 11.8 Å². The lowest BCUT2D eigenvalue weighted by Crippen LogP contribution is -2.60. The lowest BCUT2D eigenvalue weighted by Gasteiger charge is -2.33. The Morgan fingerprint density at radius 2 is 2.00 bits per heavy atom. The van der Waals surface area contributed by atoms with Crippen LogP contribution in [0.2, 0.25) is 0 Å². The van der Waals surface area contributed by atoms with Crippen molar-refractivity contribution in [2.45, 2.75) is 39.7 Å². The van der Waals surface area contributed by atoms with Crippen LogP contribution in [0.4, 0.5) is 4.79 Å². The number of thioether (sulfide) groups is 1. The van der Waals surface area contributed by atoms with E-state index in [4.69, 9.17) is 0 Å².